The average Bonchev–Trinajstić information content (AvgIpc) is 2.33. The molecule has 0 N–H and O–H groups in total. The van der Waals surface area contributed by atoms with Gasteiger partial charge >= 0.3 is 0 Å². The summed E-state index contributed by atoms with van der Waals surface area (Å²) in [6.07, 6.45) is 6.39. The monoisotopic (exact) mass is 236 g/mol. The van der Waals surface area contributed by atoms with Crippen molar-refractivity contribution >= 4 is 5.91 Å². The lowest BCUT2D eigenvalue weighted by molar-refractivity contribution is -0.131. The number of hydrogen-bond donors (Lipinski definition) is 0. The second-order valence-corrected chi connectivity index (χ2v) is 5.59. The van der Waals surface area contributed by atoms with Gasteiger partial charge in [-0.3, -0.25) is 4.79 Å². The zero-order chi connectivity index (χ0) is 12.3. The third kappa shape index (κ3) is 2.71. The first-order valence-corrected chi connectivity index (χ1v) is 6.83. The lowest BCUT2D eigenvalue weighted by atomic mass is 9.72. The first-order valence-electron chi connectivity index (χ1n) is 6.83. The van der Waals surface area contributed by atoms with Crippen molar-refractivity contribution in [3.63, 3.8) is 0 Å². The Balaban J connectivity index is 1.73. The number of carbonyl (C=O) groups is 1. The number of unbranched alkanes of at least 4 members (excludes halogenated alkanes) is 1. The molecular weight excluding hydrogens is 212 g/mol. The maximum atomic E-state index is 11.5. The molecule has 0 radical (unpaired) electrons. The summed E-state index contributed by atoms with van der Waals surface area (Å²) in [4.78, 5) is 16.0. The highest BCUT2D eigenvalue weighted by Crippen LogP contribution is 2.40. The molecule has 17 heavy (non-hydrogen) atoms. The minimum atomic E-state index is 0.0991. The van der Waals surface area contributed by atoms with Crippen molar-refractivity contribution in [2.45, 2.75) is 32.6 Å². The average molecular weight is 236 g/mol. The molecule has 1 spiro atoms. The van der Waals surface area contributed by atoms with Gasteiger partial charge in [-0.25, -0.2) is 0 Å². The molecule has 0 aromatic carbocycles. The van der Waals surface area contributed by atoms with Gasteiger partial charge in [0, 0.05) is 26.2 Å². The van der Waals surface area contributed by atoms with Crippen LogP contribution < -0.4 is 0 Å². The van der Waals surface area contributed by atoms with E-state index in [1.54, 1.807) is 0 Å². The molecule has 2 saturated heterocycles. The molecule has 0 aromatic heterocycles. The van der Waals surface area contributed by atoms with Crippen molar-refractivity contribution in [1.29, 1.82) is 0 Å². The fourth-order valence-electron chi connectivity index (χ4n) is 3.09. The van der Waals surface area contributed by atoms with E-state index in [0.29, 0.717) is 5.41 Å². The number of rotatable bonds is 4. The number of hydrogen-bond acceptors (Lipinski definition) is 2. The lowest BCUT2D eigenvalue weighted by Crippen LogP contribution is -2.60. The SMILES string of the molecule is C=CC(=O)N1CCC2(CC1)CN(CCCC)C2. The zero-order valence-corrected chi connectivity index (χ0v) is 11.0. The predicted octanol–water partition coefficient (Wildman–Crippen LogP) is 1.90. The van der Waals surface area contributed by atoms with E-state index in [4.69, 9.17) is 0 Å². The summed E-state index contributed by atoms with van der Waals surface area (Å²) < 4.78 is 0. The first kappa shape index (κ1) is 12.6. The fraction of sp³-hybridized carbons (Fsp3) is 0.786. The summed E-state index contributed by atoms with van der Waals surface area (Å²) in [7, 11) is 0. The molecule has 0 saturated carbocycles. The molecule has 0 aromatic rings. The highest BCUT2D eigenvalue weighted by Gasteiger charge is 2.44. The molecule has 0 atom stereocenters. The summed E-state index contributed by atoms with van der Waals surface area (Å²) in [5.74, 6) is 0.0991. The second-order valence-electron chi connectivity index (χ2n) is 5.59. The van der Waals surface area contributed by atoms with E-state index in [-0.39, 0.29) is 5.91 Å². The maximum absolute atomic E-state index is 11.5. The van der Waals surface area contributed by atoms with Crippen LogP contribution in [0.2, 0.25) is 0 Å². The van der Waals surface area contributed by atoms with Crippen molar-refractivity contribution in [3.8, 4) is 0 Å². The van der Waals surface area contributed by atoms with Crippen LogP contribution in [0.1, 0.15) is 32.6 Å². The van der Waals surface area contributed by atoms with Gasteiger partial charge in [0.15, 0.2) is 0 Å². The minimum absolute atomic E-state index is 0.0991. The van der Waals surface area contributed by atoms with Gasteiger partial charge in [-0.1, -0.05) is 19.9 Å². The fourth-order valence-corrected chi connectivity index (χ4v) is 3.09. The van der Waals surface area contributed by atoms with Crippen LogP contribution in [0.25, 0.3) is 0 Å². The molecule has 2 heterocycles. The number of piperidine rings is 1. The summed E-state index contributed by atoms with van der Waals surface area (Å²) in [6, 6.07) is 0. The van der Waals surface area contributed by atoms with E-state index in [2.05, 4.69) is 18.4 Å². The zero-order valence-electron chi connectivity index (χ0n) is 11.0. The molecule has 3 nitrogen and oxygen atoms in total. The number of amides is 1. The van der Waals surface area contributed by atoms with E-state index < -0.39 is 0 Å². The highest BCUT2D eigenvalue weighted by atomic mass is 16.2. The van der Waals surface area contributed by atoms with Crippen LogP contribution in [0.3, 0.4) is 0 Å². The minimum Gasteiger partial charge on any atom is -0.339 e. The van der Waals surface area contributed by atoms with Crippen LogP contribution in [-0.4, -0.2) is 48.4 Å². The Morgan fingerprint density at radius 1 is 1.35 bits per heavy atom. The molecular formula is C14H24N2O. The Morgan fingerprint density at radius 2 is 2.00 bits per heavy atom. The Labute approximate surface area is 104 Å². The predicted molar refractivity (Wildman–Crippen MR) is 69.8 cm³/mol. The van der Waals surface area contributed by atoms with Gasteiger partial charge in [-0.05, 0) is 37.3 Å². The third-order valence-electron chi connectivity index (χ3n) is 4.26. The molecule has 0 unspecified atom stereocenters. The standard InChI is InChI=1S/C14H24N2O/c1-3-5-8-15-11-14(12-15)6-9-16(10-7-14)13(17)4-2/h4H,2-3,5-12H2,1H3. The van der Waals surface area contributed by atoms with Crippen molar-refractivity contribution < 1.29 is 4.79 Å². The van der Waals surface area contributed by atoms with Crippen molar-refractivity contribution in [1.82, 2.24) is 9.80 Å². The Morgan fingerprint density at radius 3 is 2.53 bits per heavy atom. The Kier molecular flexibility index (Phi) is 3.87. The van der Waals surface area contributed by atoms with E-state index in [1.165, 1.54) is 51.4 Å². The van der Waals surface area contributed by atoms with Gasteiger partial charge in [-0.15, -0.1) is 0 Å². The van der Waals surface area contributed by atoms with E-state index in [1.807, 2.05) is 4.90 Å². The molecule has 2 fully saturated rings. The molecule has 2 aliphatic rings. The van der Waals surface area contributed by atoms with Crippen LogP contribution in [0.15, 0.2) is 12.7 Å². The van der Waals surface area contributed by atoms with Crippen LogP contribution in [0.5, 0.6) is 0 Å². The summed E-state index contributed by atoms with van der Waals surface area (Å²) in [5.41, 5.74) is 0.533. The summed E-state index contributed by atoms with van der Waals surface area (Å²) >= 11 is 0. The normalized spacial score (nSPS) is 23.5. The van der Waals surface area contributed by atoms with Crippen molar-refractivity contribution in [2.75, 3.05) is 32.7 Å². The van der Waals surface area contributed by atoms with Gasteiger partial charge < -0.3 is 9.80 Å². The van der Waals surface area contributed by atoms with Gasteiger partial charge in [0.25, 0.3) is 0 Å². The first-order chi connectivity index (χ1) is 8.19. The van der Waals surface area contributed by atoms with Gasteiger partial charge in [0.2, 0.25) is 5.91 Å². The smallest absolute Gasteiger partial charge is 0.245 e. The summed E-state index contributed by atoms with van der Waals surface area (Å²) in [6.45, 7) is 11.4. The van der Waals surface area contributed by atoms with Gasteiger partial charge in [0.1, 0.15) is 0 Å². The molecule has 3 heteroatoms. The topological polar surface area (TPSA) is 23.6 Å². The van der Waals surface area contributed by atoms with Crippen LogP contribution in [-0.2, 0) is 4.79 Å². The quantitative estimate of drug-likeness (QED) is 0.696. The van der Waals surface area contributed by atoms with E-state index in [0.717, 1.165) is 13.1 Å². The van der Waals surface area contributed by atoms with Gasteiger partial charge in [0.05, 0.1) is 0 Å². The van der Waals surface area contributed by atoms with Crippen molar-refractivity contribution in [3.05, 3.63) is 12.7 Å². The highest BCUT2D eigenvalue weighted by molar-refractivity contribution is 5.87. The molecule has 96 valence electrons. The molecule has 2 rings (SSSR count). The van der Waals surface area contributed by atoms with Gasteiger partial charge in [-0.2, -0.15) is 0 Å². The third-order valence-corrected chi connectivity index (χ3v) is 4.26. The van der Waals surface area contributed by atoms with E-state index >= 15 is 0 Å². The van der Waals surface area contributed by atoms with E-state index in [9.17, 15) is 4.79 Å². The Hall–Kier alpha value is -0.830. The van der Waals surface area contributed by atoms with Crippen molar-refractivity contribution in [2.24, 2.45) is 5.41 Å². The van der Waals surface area contributed by atoms with Crippen LogP contribution in [0.4, 0.5) is 0 Å². The molecule has 0 aliphatic carbocycles. The number of nitrogens with zero attached hydrogens (tertiary/aromatic N) is 2. The molecule has 2 aliphatic heterocycles. The number of carbonyl (C=O) groups excluding carboxylic acids is 1. The molecule has 0 bridgehead atoms. The second kappa shape index (κ2) is 5.21. The maximum Gasteiger partial charge on any atom is 0.245 e. The summed E-state index contributed by atoms with van der Waals surface area (Å²) in [5, 5.41) is 0. The largest absolute Gasteiger partial charge is 0.339 e. The van der Waals surface area contributed by atoms with Crippen LogP contribution >= 0.6 is 0 Å². The Bertz CT molecular complexity index is 285. The van der Waals surface area contributed by atoms with Crippen LogP contribution in [0, 0.1) is 5.41 Å². The molecule has 1 amide bonds. The lowest BCUT2D eigenvalue weighted by Gasteiger charge is -2.54. The number of likely N-dealkylation sites (tertiary alicyclic amines) is 2.